The molecule has 0 N–H and O–H groups in total. The van der Waals surface area contributed by atoms with Crippen LogP contribution in [0.4, 0.5) is 0 Å². The van der Waals surface area contributed by atoms with E-state index in [0.717, 1.165) is 22.2 Å². The van der Waals surface area contributed by atoms with Gasteiger partial charge in [-0.25, -0.2) is 4.79 Å². The van der Waals surface area contributed by atoms with E-state index in [1.807, 2.05) is 13.8 Å². The molecular formula is C15H21BrO3. The minimum Gasteiger partial charge on any atom is -0.476 e. The summed E-state index contributed by atoms with van der Waals surface area (Å²) in [5.41, 5.74) is 2.25. The van der Waals surface area contributed by atoms with E-state index in [0.29, 0.717) is 6.61 Å². The third-order valence-corrected chi connectivity index (χ3v) is 3.45. The topological polar surface area (TPSA) is 35.5 Å². The van der Waals surface area contributed by atoms with E-state index < -0.39 is 5.60 Å². The molecule has 0 unspecified atom stereocenters. The van der Waals surface area contributed by atoms with Gasteiger partial charge < -0.3 is 9.47 Å². The zero-order valence-corrected chi connectivity index (χ0v) is 13.8. The molecule has 0 aliphatic carbocycles. The van der Waals surface area contributed by atoms with Crippen LogP contribution in [0.25, 0.3) is 0 Å². The lowest BCUT2D eigenvalue weighted by Gasteiger charge is -2.26. The van der Waals surface area contributed by atoms with Gasteiger partial charge in [-0.2, -0.15) is 0 Å². The lowest BCUT2D eigenvalue weighted by molar-refractivity contribution is -0.158. The molecule has 19 heavy (non-hydrogen) atoms. The lowest BCUT2D eigenvalue weighted by atomic mass is 10.0. The zero-order valence-electron chi connectivity index (χ0n) is 12.2. The van der Waals surface area contributed by atoms with Crippen LogP contribution in [0.3, 0.4) is 0 Å². The maximum Gasteiger partial charge on any atom is 0.349 e. The van der Waals surface area contributed by atoms with E-state index in [1.54, 1.807) is 20.8 Å². The molecule has 0 spiro atoms. The predicted molar refractivity (Wildman–Crippen MR) is 79.9 cm³/mol. The number of ether oxygens (including phenoxy) is 2. The molecular weight excluding hydrogens is 308 g/mol. The Balaban J connectivity index is 3.02. The van der Waals surface area contributed by atoms with E-state index in [9.17, 15) is 4.79 Å². The van der Waals surface area contributed by atoms with Gasteiger partial charge in [0.1, 0.15) is 5.75 Å². The highest BCUT2D eigenvalue weighted by Crippen LogP contribution is 2.29. The van der Waals surface area contributed by atoms with Crippen molar-refractivity contribution in [2.24, 2.45) is 0 Å². The number of hydrogen-bond donors (Lipinski definition) is 0. The maximum atomic E-state index is 11.9. The first kappa shape index (κ1) is 16.0. The van der Waals surface area contributed by atoms with Crippen LogP contribution >= 0.6 is 15.9 Å². The van der Waals surface area contributed by atoms with Crippen molar-refractivity contribution >= 4 is 21.9 Å². The average Bonchev–Trinajstić information content (AvgIpc) is 2.33. The molecule has 0 saturated carbocycles. The molecule has 1 aromatic rings. The van der Waals surface area contributed by atoms with Crippen LogP contribution < -0.4 is 4.74 Å². The van der Waals surface area contributed by atoms with Gasteiger partial charge in [0.05, 0.1) is 6.61 Å². The standard InChI is InChI=1S/C15H21BrO3/c1-6-18-14(17)15(4,5)19-13-10(2)7-12(9-16)8-11(13)3/h7-8H,6,9H2,1-5H3. The fourth-order valence-corrected chi connectivity index (χ4v) is 2.20. The van der Waals surface area contributed by atoms with Crippen LogP contribution in [-0.4, -0.2) is 18.2 Å². The first-order chi connectivity index (χ1) is 8.81. The highest BCUT2D eigenvalue weighted by molar-refractivity contribution is 9.08. The molecule has 1 rings (SSSR count). The van der Waals surface area contributed by atoms with Crippen molar-refractivity contribution in [1.82, 2.24) is 0 Å². The van der Waals surface area contributed by atoms with Crippen LogP contribution in [0.5, 0.6) is 5.75 Å². The second-order valence-electron chi connectivity index (χ2n) is 5.03. The summed E-state index contributed by atoms with van der Waals surface area (Å²) in [5.74, 6) is 0.404. The molecule has 0 amide bonds. The van der Waals surface area contributed by atoms with Crippen LogP contribution in [0, 0.1) is 13.8 Å². The van der Waals surface area contributed by atoms with Crippen molar-refractivity contribution in [2.75, 3.05) is 6.61 Å². The summed E-state index contributed by atoms with van der Waals surface area (Å²) >= 11 is 3.44. The van der Waals surface area contributed by atoms with E-state index in [-0.39, 0.29) is 5.97 Å². The number of aryl methyl sites for hydroxylation is 2. The second-order valence-corrected chi connectivity index (χ2v) is 5.59. The van der Waals surface area contributed by atoms with Crippen molar-refractivity contribution in [2.45, 2.75) is 45.5 Å². The molecule has 0 bridgehead atoms. The molecule has 4 heteroatoms. The highest BCUT2D eigenvalue weighted by Gasteiger charge is 2.32. The van der Waals surface area contributed by atoms with Crippen LogP contribution in [0.15, 0.2) is 12.1 Å². The summed E-state index contributed by atoms with van der Waals surface area (Å²) in [6.07, 6.45) is 0. The first-order valence-corrected chi connectivity index (χ1v) is 7.46. The van der Waals surface area contributed by atoms with Crippen molar-refractivity contribution in [3.63, 3.8) is 0 Å². The van der Waals surface area contributed by atoms with E-state index in [1.165, 1.54) is 5.56 Å². The van der Waals surface area contributed by atoms with Crippen molar-refractivity contribution < 1.29 is 14.3 Å². The molecule has 106 valence electrons. The Bertz CT molecular complexity index is 443. The molecule has 0 aromatic heterocycles. The van der Waals surface area contributed by atoms with Gasteiger partial charge in [-0.15, -0.1) is 0 Å². The minimum absolute atomic E-state index is 0.349. The molecule has 0 radical (unpaired) electrons. The SMILES string of the molecule is CCOC(=O)C(C)(C)Oc1c(C)cc(CBr)cc1C. The van der Waals surface area contributed by atoms with Gasteiger partial charge in [0.25, 0.3) is 0 Å². The van der Waals surface area contributed by atoms with Gasteiger partial charge in [-0.05, 0) is 51.3 Å². The largest absolute Gasteiger partial charge is 0.476 e. The van der Waals surface area contributed by atoms with E-state index >= 15 is 0 Å². The molecule has 1 aromatic carbocycles. The third-order valence-electron chi connectivity index (χ3n) is 2.80. The third kappa shape index (κ3) is 3.96. The first-order valence-electron chi connectivity index (χ1n) is 6.34. The number of rotatable bonds is 5. The lowest BCUT2D eigenvalue weighted by Crippen LogP contribution is -2.40. The number of benzene rings is 1. The van der Waals surface area contributed by atoms with Gasteiger partial charge in [0, 0.05) is 5.33 Å². The Labute approximate surface area is 123 Å². The molecule has 3 nitrogen and oxygen atoms in total. The molecule has 0 aliphatic heterocycles. The fraction of sp³-hybridized carbons (Fsp3) is 0.533. The zero-order chi connectivity index (χ0) is 14.6. The Kier molecular flexibility index (Phi) is 5.41. The van der Waals surface area contributed by atoms with Crippen LogP contribution in [0.2, 0.25) is 0 Å². The number of hydrogen-bond acceptors (Lipinski definition) is 3. The van der Waals surface area contributed by atoms with Crippen molar-refractivity contribution in [3.8, 4) is 5.75 Å². The molecule has 0 atom stereocenters. The van der Waals surface area contributed by atoms with E-state index in [2.05, 4.69) is 28.1 Å². The van der Waals surface area contributed by atoms with Crippen LogP contribution in [-0.2, 0) is 14.9 Å². The molecule has 0 saturated heterocycles. The predicted octanol–water partition coefficient (Wildman–Crippen LogP) is 3.92. The summed E-state index contributed by atoms with van der Waals surface area (Å²) in [6, 6.07) is 4.11. The average molecular weight is 329 g/mol. The Morgan fingerprint density at radius 2 is 1.79 bits per heavy atom. The van der Waals surface area contributed by atoms with Crippen molar-refractivity contribution in [3.05, 3.63) is 28.8 Å². The Morgan fingerprint density at radius 1 is 1.26 bits per heavy atom. The molecule has 0 aliphatic rings. The smallest absolute Gasteiger partial charge is 0.349 e. The highest BCUT2D eigenvalue weighted by atomic mass is 79.9. The number of carbonyl (C=O) groups is 1. The molecule has 0 heterocycles. The number of carbonyl (C=O) groups excluding carboxylic acids is 1. The molecule has 0 fully saturated rings. The summed E-state index contributed by atoms with van der Waals surface area (Å²) in [7, 11) is 0. The van der Waals surface area contributed by atoms with Gasteiger partial charge in [-0.3, -0.25) is 0 Å². The summed E-state index contributed by atoms with van der Waals surface area (Å²) in [4.78, 5) is 11.9. The summed E-state index contributed by atoms with van der Waals surface area (Å²) < 4.78 is 10.9. The Hall–Kier alpha value is -1.03. The van der Waals surface area contributed by atoms with Gasteiger partial charge >= 0.3 is 5.97 Å². The summed E-state index contributed by atoms with van der Waals surface area (Å²) in [6.45, 7) is 9.55. The number of halogens is 1. The minimum atomic E-state index is -0.985. The normalized spacial score (nSPS) is 11.3. The summed E-state index contributed by atoms with van der Waals surface area (Å²) in [5, 5.41) is 0.802. The quantitative estimate of drug-likeness (QED) is 0.607. The van der Waals surface area contributed by atoms with E-state index in [4.69, 9.17) is 9.47 Å². The van der Waals surface area contributed by atoms with Crippen LogP contribution in [0.1, 0.15) is 37.5 Å². The fourth-order valence-electron chi connectivity index (χ4n) is 1.88. The second kappa shape index (κ2) is 6.42. The van der Waals surface area contributed by atoms with Gasteiger partial charge in [0.2, 0.25) is 0 Å². The van der Waals surface area contributed by atoms with Crippen molar-refractivity contribution in [1.29, 1.82) is 0 Å². The Morgan fingerprint density at radius 3 is 2.21 bits per heavy atom. The maximum absolute atomic E-state index is 11.9. The van der Waals surface area contributed by atoms with Gasteiger partial charge in [-0.1, -0.05) is 28.1 Å². The van der Waals surface area contributed by atoms with Gasteiger partial charge in [0.15, 0.2) is 5.60 Å². The number of esters is 1. The number of alkyl halides is 1. The monoisotopic (exact) mass is 328 g/mol.